The summed E-state index contributed by atoms with van der Waals surface area (Å²) in [6, 6.07) is 15.8. The maximum atomic E-state index is 12.2. The van der Waals surface area contributed by atoms with E-state index in [2.05, 4.69) is 15.3 Å². The van der Waals surface area contributed by atoms with Crippen LogP contribution in [-0.4, -0.2) is 15.9 Å². The van der Waals surface area contributed by atoms with Crippen molar-refractivity contribution < 1.29 is 4.79 Å². The minimum atomic E-state index is -0.232. The van der Waals surface area contributed by atoms with Crippen LogP contribution < -0.4 is 5.32 Å². The van der Waals surface area contributed by atoms with E-state index < -0.39 is 0 Å². The van der Waals surface area contributed by atoms with E-state index in [0.717, 1.165) is 5.56 Å². The third kappa shape index (κ3) is 3.67. The van der Waals surface area contributed by atoms with Gasteiger partial charge in [-0.25, -0.2) is 9.97 Å². The van der Waals surface area contributed by atoms with Gasteiger partial charge in [-0.15, -0.1) is 0 Å². The zero-order chi connectivity index (χ0) is 16.2. The first-order valence-electron chi connectivity index (χ1n) is 6.77. The van der Waals surface area contributed by atoms with Crippen LogP contribution in [-0.2, 0) is 0 Å². The largest absolute Gasteiger partial charge is 0.306 e. The summed E-state index contributed by atoms with van der Waals surface area (Å²) in [5, 5.41) is 3.66. The van der Waals surface area contributed by atoms with Crippen LogP contribution in [0.1, 0.15) is 10.4 Å². The smallest absolute Gasteiger partial charge is 0.256 e. The number of rotatable bonds is 3. The van der Waals surface area contributed by atoms with Crippen molar-refractivity contribution in [2.75, 3.05) is 5.32 Å². The molecule has 0 aliphatic carbocycles. The van der Waals surface area contributed by atoms with E-state index >= 15 is 0 Å². The number of amides is 1. The summed E-state index contributed by atoms with van der Waals surface area (Å²) in [5.74, 6) is 0.180. The van der Waals surface area contributed by atoms with E-state index in [4.69, 9.17) is 23.2 Å². The molecule has 2 aromatic carbocycles. The second kappa shape index (κ2) is 6.77. The molecule has 0 saturated carbocycles. The van der Waals surface area contributed by atoms with E-state index in [-0.39, 0.29) is 5.91 Å². The molecule has 0 spiro atoms. The molecule has 1 N–H and O–H groups in total. The Bertz CT molecular complexity index is 853. The summed E-state index contributed by atoms with van der Waals surface area (Å²) < 4.78 is 0. The number of aromatic nitrogens is 2. The van der Waals surface area contributed by atoms with E-state index in [1.165, 1.54) is 6.33 Å². The number of nitrogens with one attached hydrogen (secondary N) is 1. The molecule has 0 saturated heterocycles. The SMILES string of the molecule is O=C(Nc1cc(-c2ccc(Cl)c(Cl)c2)ncn1)c1ccccc1. The molecule has 1 amide bonds. The standard InChI is InChI=1S/C17H11Cl2N3O/c18-13-7-6-12(8-14(13)19)15-9-16(21-10-20-15)22-17(23)11-4-2-1-3-5-11/h1-10H,(H,20,21,22,23). The van der Waals surface area contributed by atoms with Gasteiger partial charge in [0.2, 0.25) is 0 Å². The first-order valence-corrected chi connectivity index (χ1v) is 7.53. The van der Waals surface area contributed by atoms with Crippen LogP contribution in [0.15, 0.2) is 60.9 Å². The normalized spacial score (nSPS) is 10.3. The monoisotopic (exact) mass is 343 g/mol. The van der Waals surface area contributed by atoms with Gasteiger partial charge in [-0.2, -0.15) is 0 Å². The fourth-order valence-corrected chi connectivity index (χ4v) is 2.32. The molecule has 0 atom stereocenters. The van der Waals surface area contributed by atoms with Crippen molar-refractivity contribution in [3.63, 3.8) is 0 Å². The van der Waals surface area contributed by atoms with E-state index in [0.29, 0.717) is 27.1 Å². The highest BCUT2D eigenvalue weighted by atomic mass is 35.5. The molecule has 0 bridgehead atoms. The highest BCUT2D eigenvalue weighted by molar-refractivity contribution is 6.42. The van der Waals surface area contributed by atoms with Crippen molar-refractivity contribution >= 4 is 34.9 Å². The summed E-state index contributed by atoms with van der Waals surface area (Å²) >= 11 is 11.9. The molecular formula is C17H11Cl2N3O. The molecule has 1 heterocycles. The maximum absolute atomic E-state index is 12.2. The Labute approximate surface area is 143 Å². The molecule has 0 aliphatic rings. The fraction of sp³-hybridized carbons (Fsp3) is 0. The zero-order valence-corrected chi connectivity index (χ0v) is 13.3. The van der Waals surface area contributed by atoms with Gasteiger partial charge in [0.1, 0.15) is 12.1 Å². The number of carbonyl (C=O) groups is 1. The van der Waals surface area contributed by atoms with Gasteiger partial charge in [-0.1, -0.05) is 47.5 Å². The Hall–Kier alpha value is -2.43. The molecular weight excluding hydrogens is 333 g/mol. The summed E-state index contributed by atoms with van der Waals surface area (Å²) in [6.45, 7) is 0. The lowest BCUT2D eigenvalue weighted by atomic mass is 10.1. The summed E-state index contributed by atoms with van der Waals surface area (Å²) in [4.78, 5) is 20.4. The molecule has 0 aliphatic heterocycles. The number of carbonyl (C=O) groups excluding carboxylic acids is 1. The van der Waals surface area contributed by atoms with Gasteiger partial charge in [0.05, 0.1) is 15.7 Å². The van der Waals surface area contributed by atoms with Crippen molar-refractivity contribution in [3.05, 3.63) is 76.5 Å². The number of halogens is 2. The Morgan fingerprint density at radius 2 is 1.70 bits per heavy atom. The van der Waals surface area contributed by atoms with Crippen LogP contribution in [0, 0.1) is 0 Å². The van der Waals surface area contributed by atoms with Crippen LogP contribution in [0.5, 0.6) is 0 Å². The van der Waals surface area contributed by atoms with Crippen molar-refractivity contribution in [1.82, 2.24) is 9.97 Å². The predicted octanol–water partition coefficient (Wildman–Crippen LogP) is 4.70. The van der Waals surface area contributed by atoms with E-state index in [1.807, 2.05) is 6.07 Å². The van der Waals surface area contributed by atoms with Crippen LogP contribution in [0.4, 0.5) is 5.82 Å². The van der Waals surface area contributed by atoms with E-state index in [1.54, 1.807) is 48.5 Å². The van der Waals surface area contributed by atoms with Crippen LogP contribution >= 0.6 is 23.2 Å². The third-order valence-electron chi connectivity index (χ3n) is 3.16. The second-order valence-electron chi connectivity index (χ2n) is 4.74. The molecule has 3 rings (SSSR count). The highest BCUT2D eigenvalue weighted by Gasteiger charge is 2.09. The number of hydrogen-bond donors (Lipinski definition) is 1. The van der Waals surface area contributed by atoms with Crippen molar-refractivity contribution in [2.24, 2.45) is 0 Å². The Kier molecular flexibility index (Phi) is 4.55. The van der Waals surface area contributed by atoms with Crippen LogP contribution in [0.2, 0.25) is 10.0 Å². The Morgan fingerprint density at radius 1 is 0.913 bits per heavy atom. The van der Waals surface area contributed by atoms with Crippen molar-refractivity contribution in [1.29, 1.82) is 0 Å². The number of benzene rings is 2. The minimum Gasteiger partial charge on any atom is -0.306 e. The van der Waals surface area contributed by atoms with Crippen molar-refractivity contribution in [2.45, 2.75) is 0 Å². The molecule has 0 fully saturated rings. The van der Waals surface area contributed by atoms with Gasteiger partial charge in [0.25, 0.3) is 5.91 Å². The quantitative estimate of drug-likeness (QED) is 0.749. The lowest BCUT2D eigenvalue weighted by Crippen LogP contribution is -2.12. The summed E-state index contributed by atoms with van der Waals surface area (Å²) in [5.41, 5.74) is 1.99. The average Bonchev–Trinajstić information content (AvgIpc) is 2.58. The maximum Gasteiger partial charge on any atom is 0.256 e. The predicted molar refractivity (Wildman–Crippen MR) is 91.9 cm³/mol. The first-order chi connectivity index (χ1) is 11.1. The molecule has 1 aromatic heterocycles. The topological polar surface area (TPSA) is 54.9 Å². The first kappa shape index (κ1) is 15.5. The van der Waals surface area contributed by atoms with Gasteiger partial charge >= 0.3 is 0 Å². The molecule has 0 radical (unpaired) electrons. The molecule has 0 unspecified atom stereocenters. The molecule has 23 heavy (non-hydrogen) atoms. The fourth-order valence-electron chi connectivity index (χ4n) is 2.02. The minimum absolute atomic E-state index is 0.232. The summed E-state index contributed by atoms with van der Waals surface area (Å²) in [7, 11) is 0. The van der Waals surface area contributed by atoms with Crippen molar-refractivity contribution in [3.8, 4) is 11.3 Å². The Morgan fingerprint density at radius 3 is 2.43 bits per heavy atom. The number of hydrogen-bond acceptors (Lipinski definition) is 3. The van der Waals surface area contributed by atoms with Crippen LogP contribution in [0.25, 0.3) is 11.3 Å². The number of nitrogens with zero attached hydrogens (tertiary/aromatic N) is 2. The molecule has 6 heteroatoms. The highest BCUT2D eigenvalue weighted by Crippen LogP contribution is 2.28. The summed E-state index contributed by atoms with van der Waals surface area (Å²) in [6.07, 6.45) is 1.39. The molecule has 3 aromatic rings. The van der Waals surface area contributed by atoms with Gasteiger partial charge in [-0.3, -0.25) is 4.79 Å². The molecule has 4 nitrogen and oxygen atoms in total. The van der Waals surface area contributed by atoms with Gasteiger partial charge < -0.3 is 5.32 Å². The lowest BCUT2D eigenvalue weighted by molar-refractivity contribution is 0.102. The lowest BCUT2D eigenvalue weighted by Gasteiger charge is -2.07. The molecule has 114 valence electrons. The average molecular weight is 344 g/mol. The van der Waals surface area contributed by atoms with E-state index in [9.17, 15) is 4.79 Å². The third-order valence-corrected chi connectivity index (χ3v) is 3.90. The van der Waals surface area contributed by atoms with Gasteiger partial charge in [-0.05, 0) is 24.3 Å². The second-order valence-corrected chi connectivity index (χ2v) is 5.55. The zero-order valence-electron chi connectivity index (χ0n) is 11.8. The van der Waals surface area contributed by atoms with Crippen LogP contribution in [0.3, 0.4) is 0 Å². The Balaban J connectivity index is 1.85. The number of anilines is 1. The van der Waals surface area contributed by atoms with Gasteiger partial charge in [0.15, 0.2) is 0 Å². The van der Waals surface area contributed by atoms with Gasteiger partial charge in [0, 0.05) is 17.2 Å².